The molecule has 2 heterocycles. The molecule has 2 aromatic carbocycles. The monoisotopic (exact) mass is 409 g/mol. The van der Waals surface area contributed by atoms with Crippen molar-refractivity contribution in [3.8, 4) is 11.3 Å². The number of benzene rings is 2. The predicted octanol–water partition coefficient (Wildman–Crippen LogP) is 3.93. The van der Waals surface area contributed by atoms with E-state index in [1.807, 2.05) is 37.3 Å². The van der Waals surface area contributed by atoms with Crippen molar-refractivity contribution in [1.29, 1.82) is 0 Å². The number of aliphatic hydroxyl groups excluding tert-OH is 1. The van der Waals surface area contributed by atoms with E-state index in [0.717, 1.165) is 11.3 Å². The smallest absolute Gasteiger partial charge is 0.274 e. The van der Waals surface area contributed by atoms with E-state index in [1.165, 1.54) is 18.5 Å². The molecule has 1 unspecified atom stereocenters. The van der Waals surface area contributed by atoms with Crippen LogP contribution in [-0.2, 0) is 0 Å². The molecule has 1 amide bonds. The highest BCUT2D eigenvalue weighted by molar-refractivity contribution is 5.97. The van der Waals surface area contributed by atoms with Crippen LogP contribution in [0.4, 0.5) is 10.1 Å². The topological polar surface area (TPSA) is 78.6 Å². The van der Waals surface area contributed by atoms with Crippen molar-refractivity contribution in [3.05, 3.63) is 72.0 Å². The summed E-state index contributed by atoms with van der Waals surface area (Å²) in [5, 5.41) is 12.7. The molecule has 1 aromatic heterocycles. The number of halogens is 1. The molecule has 0 spiro atoms. The lowest BCUT2D eigenvalue weighted by molar-refractivity contribution is 0.0935. The van der Waals surface area contributed by atoms with Crippen LogP contribution in [0.25, 0.3) is 11.3 Å². The van der Waals surface area contributed by atoms with Crippen molar-refractivity contribution >= 4 is 11.6 Å². The Hall–Kier alpha value is -3.19. The van der Waals surface area contributed by atoms with Gasteiger partial charge in [0, 0.05) is 29.9 Å². The first-order valence-electron chi connectivity index (χ1n) is 10.0. The molecule has 1 saturated heterocycles. The van der Waals surface area contributed by atoms with Crippen LogP contribution >= 0.6 is 0 Å². The number of hydrogen-bond acceptors (Lipinski definition) is 5. The molecule has 2 N–H and O–H groups in total. The van der Waals surface area contributed by atoms with Gasteiger partial charge in [-0.2, -0.15) is 0 Å². The normalized spacial score (nSPS) is 15.8. The van der Waals surface area contributed by atoms with E-state index in [1.54, 1.807) is 6.07 Å². The van der Waals surface area contributed by atoms with E-state index < -0.39 is 6.04 Å². The number of nitrogens with zero attached hydrogens (tertiary/aromatic N) is 2. The molecule has 1 aliphatic rings. The minimum absolute atomic E-state index is 0.187. The van der Waals surface area contributed by atoms with E-state index in [0.29, 0.717) is 37.3 Å². The molecule has 0 saturated carbocycles. The summed E-state index contributed by atoms with van der Waals surface area (Å²) in [5.74, 6) is -0.359. The standard InChI is InChI=1S/C23H24FN3O3/c1-15(19-13-17(24)7-8-20(19)27-11-9-18(28)10-12-27)26-23(29)21-22(30-14-25-21)16-5-3-2-4-6-16/h2-8,13-15,18,28H,9-12H2,1H3,(H,26,29). The van der Waals surface area contributed by atoms with Crippen LogP contribution in [0.1, 0.15) is 41.9 Å². The van der Waals surface area contributed by atoms with E-state index >= 15 is 0 Å². The van der Waals surface area contributed by atoms with E-state index in [9.17, 15) is 14.3 Å². The lowest BCUT2D eigenvalue weighted by Gasteiger charge is -2.34. The Morgan fingerprint density at radius 2 is 1.97 bits per heavy atom. The van der Waals surface area contributed by atoms with Gasteiger partial charge >= 0.3 is 0 Å². The number of amides is 1. The van der Waals surface area contributed by atoms with Crippen LogP contribution in [0.15, 0.2) is 59.3 Å². The molecule has 156 valence electrons. The van der Waals surface area contributed by atoms with Gasteiger partial charge < -0.3 is 19.7 Å². The van der Waals surface area contributed by atoms with Crippen LogP contribution in [0.2, 0.25) is 0 Å². The highest BCUT2D eigenvalue weighted by Crippen LogP contribution is 2.30. The Bertz CT molecular complexity index is 1010. The average Bonchev–Trinajstić information content (AvgIpc) is 3.25. The van der Waals surface area contributed by atoms with Crippen LogP contribution in [0.3, 0.4) is 0 Å². The fourth-order valence-electron chi connectivity index (χ4n) is 3.81. The first-order chi connectivity index (χ1) is 14.5. The summed E-state index contributed by atoms with van der Waals surface area (Å²) in [4.78, 5) is 19.1. The number of carbonyl (C=O) groups excluding carboxylic acids is 1. The first-order valence-corrected chi connectivity index (χ1v) is 10.0. The van der Waals surface area contributed by atoms with Crippen molar-refractivity contribution in [1.82, 2.24) is 10.3 Å². The van der Waals surface area contributed by atoms with Crippen molar-refractivity contribution in [2.45, 2.75) is 31.9 Å². The predicted molar refractivity (Wildman–Crippen MR) is 112 cm³/mol. The molecule has 7 heteroatoms. The molecule has 1 fully saturated rings. The average molecular weight is 409 g/mol. The van der Waals surface area contributed by atoms with Crippen molar-refractivity contribution in [2.24, 2.45) is 0 Å². The van der Waals surface area contributed by atoms with Crippen molar-refractivity contribution in [2.75, 3.05) is 18.0 Å². The second-order valence-electron chi connectivity index (χ2n) is 7.51. The zero-order chi connectivity index (χ0) is 21.1. The van der Waals surface area contributed by atoms with Crippen LogP contribution in [-0.4, -0.2) is 35.2 Å². The maximum Gasteiger partial charge on any atom is 0.274 e. The molecule has 0 aliphatic carbocycles. The summed E-state index contributed by atoms with van der Waals surface area (Å²) >= 11 is 0. The number of oxazole rings is 1. The molecule has 1 aliphatic heterocycles. The number of aromatic nitrogens is 1. The Labute approximate surface area is 174 Å². The zero-order valence-electron chi connectivity index (χ0n) is 16.7. The number of rotatable bonds is 5. The summed E-state index contributed by atoms with van der Waals surface area (Å²) in [6.45, 7) is 3.18. The number of anilines is 1. The molecule has 4 rings (SSSR count). The van der Waals surface area contributed by atoms with Crippen LogP contribution in [0.5, 0.6) is 0 Å². The third kappa shape index (κ3) is 4.21. The van der Waals surface area contributed by atoms with Crippen LogP contribution in [0, 0.1) is 5.82 Å². The van der Waals surface area contributed by atoms with Gasteiger partial charge in [0.15, 0.2) is 17.8 Å². The molecule has 3 aromatic rings. The van der Waals surface area contributed by atoms with Gasteiger partial charge in [0.25, 0.3) is 5.91 Å². The third-order valence-corrected chi connectivity index (χ3v) is 5.43. The number of aliphatic hydroxyl groups is 1. The SMILES string of the molecule is CC(NC(=O)c1ncoc1-c1ccccc1)c1cc(F)ccc1N1CCC(O)CC1. The summed E-state index contributed by atoms with van der Waals surface area (Å²) in [7, 11) is 0. The number of piperidine rings is 1. The Morgan fingerprint density at radius 3 is 2.70 bits per heavy atom. The van der Waals surface area contributed by atoms with Gasteiger partial charge in [-0.3, -0.25) is 4.79 Å². The van der Waals surface area contributed by atoms with Crippen molar-refractivity contribution in [3.63, 3.8) is 0 Å². The molecule has 0 radical (unpaired) electrons. The molecule has 6 nitrogen and oxygen atoms in total. The molecular weight excluding hydrogens is 385 g/mol. The summed E-state index contributed by atoms with van der Waals surface area (Å²) in [6.07, 6.45) is 2.27. The second kappa shape index (κ2) is 8.67. The zero-order valence-corrected chi connectivity index (χ0v) is 16.7. The van der Waals surface area contributed by atoms with E-state index in [4.69, 9.17) is 4.42 Å². The fourth-order valence-corrected chi connectivity index (χ4v) is 3.81. The Morgan fingerprint density at radius 1 is 1.23 bits per heavy atom. The maximum absolute atomic E-state index is 14.0. The van der Waals surface area contributed by atoms with E-state index in [2.05, 4.69) is 15.2 Å². The maximum atomic E-state index is 14.0. The highest BCUT2D eigenvalue weighted by Gasteiger charge is 2.24. The third-order valence-electron chi connectivity index (χ3n) is 5.43. The van der Waals surface area contributed by atoms with Gasteiger partial charge in [-0.05, 0) is 38.0 Å². The largest absolute Gasteiger partial charge is 0.443 e. The van der Waals surface area contributed by atoms with Gasteiger partial charge in [0.2, 0.25) is 0 Å². The minimum Gasteiger partial charge on any atom is -0.443 e. The fraction of sp³-hybridized carbons (Fsp3) is 0.304. The van der Waals surface area contributed by atoms with Gasteiger partial charge in [-0.25, -0.2) is 9.37 Å². The van der Waals surface area contributed by atoms with Crippen molar-refractivity contribution < 1.29 is 18.7 Å². The lowest BCUT2D eigenvalue weighted by atomic mass is 10.0. The number of hydrogen-bond donors (Lipinski definition) is 2. The number of nitrogens with one attached hydrogen (secondary N) is 1. The Kier molecular flexibility index (Phi) is 5.81. The molecule has 0 bridgehead atoms. The first kappa shape index (κ1) is 20.1. The van der Waals surface area contributed by atoms with Crippen LogP contribution < -0.4 is 10.2 Å². The molecule has 1 atom stereocenters. The van der Waals surface area contributed by atoms with Gasteiger partial charge in [-0.15, -0.1) is 0 Å². The van der Waals surface area contributed by atoms with Gasteiger partial charge in [0.05, 0.1) is 12.1 Å². The van der Waals surface area contributed by atoms with Gasteiger partial charge in [0.1, 0.15) is 5.82 Å². The summed E-state index contributed by atoms with van der Waals surface area (Å²) in [5.41, 5.74) is 2.49. The minimum atomic E-state index is -0.449. The molecular formula is C23H24FN3O3. The molecule has 30 heavy (non-hydrogen) atoms. The summed E-state index contributed by atoms with van der Waals surface area (Å²) < 4.78 is 19.5. The van der Waals surface area contributed by atoms with Gasteiger partial charge in [-0.1, -0.05) is 30.3 Å². The number of carbonyl (C=O) groups is 1. The van der Waals surface area contributed by atoms with E-state index in [-0.39, 0.29) is 23.5 Å². The second-order valence-corrected chi connectivity index (χ2v) is 7.51. The quantitative estimate of drug-likeness (QED) is 0.668. The lowest BCUT2D eigenvalue weighted by Crippen LogP contribution is -2.37. The Balaban J connectivity index is 1.56. The summed E-state index contributed by atoms with van der Waals surface area (Å²) in [6, 6.07) is 13.4. The highest BCUT2D eigenvalue weighted by atomic mass is 19.1.